The van der Waals surface area contributed by atoms with Crippen LogP contribution in [0.4, 0.5) is 4.39 Å². The fraction of sp³-hybridized carbons (Fsp3) is 0.333. The van der Waals surface area contributed by atoms with Gasteiger partial charge in [-0.25, -0.2) is 4.39 Å². The Hall–Kier alpha value is -1.65. The van der Waals surface area contributed by atoms with Gasteiger partial charge in [0.1, 0.15) is 11.6 Å². The van der Waals surface area contributed by atoms with Gasteiger partial charge in [0.2, 0.25) is 0 Å². The molecule has 0 spiro atoms. The first kappa shape index (κ1) is 13.8. The third-order valence-corrected chi connectivity index (χ3v) is 3.04. The molecule has 2 aromatic rings. The minimum atomic E-state index is -0.570. The molecule has 1 unspecified atom stereocenters. The normalized spacial score (nSPS) is 12.8. The number of hydrogen-bond acceptors (Lipinski definition) is 3. The molecule has 3 nitrogen and oxygen atoms in total. The lowest BCUT2D eigenvalue weighted by Gasteiger charge is -2.18. The van der Waals surface area contributed by atoms with Crippen LogP contribution in [0.25, 0.3) is 0 Å². The number of aliphatic hydroxyl groups is 1. The summed E-state index contributed by atoms with van der Waals surface area (Å²) in [6.45, 7) is 1.45. The molecule has 0 radical (unpaired) electrons. The maximum Gasteiger partial charge on any atom is 0.123 e. The molecule has 2 rings (SSSR count). The molecule has 1 heterocycles. The predicted molar refractivity (Wildman–Crippen MR) is 71.0 cm³/mol. The number of halogens is 1. The molecule has 1 aromatic carbocycles. The Morgan fingerprint density at radius 3 is 2.63 bits per heavy atom. The molecule has 102 valence electrons. The van der Waals surface area contributed by atoms with E-state index in [1.54, 1.807) is 18.4 Å². The average Bonchev–Trinajstić information content (AvgIpc) is 2.89. The lowest BCUT2D eigenvalue weighted by molar-refractivity contribution is 0.145. The Bertz CT molecular complexity index is 481. The van der Waals surface area contributed by atoms with E-state index in [1.165, 1.54) is 12.1 Å². The molecule has 1 aromatic heterocycles. The summed E-state index contributed by atoms with van der Waals surface area (Å²) in [5.41, 5.74) is 0.743. The second-order valence-corrected chi connectivity index (χ2v) is 4.67. The maximum absolute atomic E-state index is 12.8. The van der Waals surface area contributed by atoms with Crippen LogP contribution in [0, 0.1) is 5.82 Å². The lowest BCUT2D eigenvalue weighted by atomic mass is 10.1. The summed E-state index contributed by atoms with van der Waals surface area (Å²) >= 11 is 0. The van der Waals surface area contributed by atoms with Crippen LogP contribution < -0.4 is 0 Å². The fourth-order valence-electron chi connectivity index (χ4n) is 1.94. The molecular weight excluding hydrogens is 245 g/mol. The van der Waals surface area contributed by atoms with E-state index in [1.807, 2.05) is 19.2 Å². The predicted octanol–water partition coefficient (Wildman–Crippen LogP) is 2.97. The molecule has 0 bridgehead atoms. The van der Waals surface area contributed by atoms with Crippen LogP contribution in [0.3, 0.4) is 0 Å². The standard InChI is InChI=1S/C15H18FNO2/c1-17(11-14-3-2-10-19-14)9-8-15(18)12-4-6-13(16)7-5-12/h2-7,10,15,18H,8-9,11H2,1H3. The molecule has 19 heavy (non-hydrogen) atoms. The van der Waals surface area contributed by atoms with Crippen molar-refractivity contribution in [3.05, 3.63) is 59.8 Å². The first-order valence-electron chi connectivity index (χ1n) is 6.29. The number of aliphatic hydroxyl groups excluding tert-OH is 1. The van der Waals surface area contributed by atoms with Gasteiger partial charge in [-0.2, -0.15) is 0 Å². The van der Waals surface area contributed by atoms with Gasteiger partial charge in [0.25, 0.3) is 0 Å². The summed E-state index contributed by atoms with van der Waals surface area (Å²) < 4.78 is 18.0. The second kappa shape index (κ2) is 6.50. The van der Waals surface area contributed by atoms with Crippen molar-refractivity contribution in [1.82, 2.24) is 4.90 Å². The Morgan fingerprint density at radius 2 is 2.00 bits per heavy atom. The Morgan fingerprint density at radius 1 is 1.26 bits per heavy atom. The van der Waals surface area contributed by atoms with Gasteiger partial charge in [0.15, 0.2) is 0 Å². The van der Waals surface area contributed by atoms with E-state index >= 15 is 0 Å². The van der Waals surface area contributed by atoms with E-state index in [-0.39, 0.29) is 5.82 Å². The van der Waals surface area contributed by atoms with E-state index in [9.17, 15) is 9.50 Å². The second-order valence-electron chi connectivity index (χ2n) is 4.67. The molecule has 1 N–H and O–H groups in total. The first-order chi connectivity index (χ1) is 9.15. The number of hydrogen-bond donors (Lipinski definition) is 1. The zero-order chi connectivity index (χ0) is 13.7. The van der Waals surface area contributed by atoms with Gasteiger partial charge in [0.05, 0.1) is 18.9 Å². The largest absolute Gasteiger partial charge is 0.468 e. The SMILES string of the molecule is CN(CCC(O)c1ccc(F)cc1)Cc1ccco1. The van der Waals surface area contributed by atoms with Crippen molar-refractivity contribution in [2.45, 2.75) is 19.1 Å². The maximum atomic E-state index is 12.8. The smallest absolute Gasteiger partial charge is 0.123 e. The van der Waals surface area contributed by atoms with Gasteiger partial charge >= 0.3 is 0 Å². The zero-order valence-electron chi connectivity index (χ0n) is 10.9. The van der Waals surface area contributed by atoms with Crippen LogP contribution in [0.1, 0.15) is 23.8 Å². The minimum absolute atomic E-state index is 0.286. The van der Waals surface area contributed by atoms with Crippen LogP contribution in [0.5, 0.6) is 0 Å². The third-order valence-electron chi connectivity index (χ3n) is 3.04. The third kappa shape index (κ3) is 4.19. The van der Waals surface area contributed by atoms with Crippen LogP contribution in [0.2, 0.25) is 0 Å². The zero-order valence-corrected chi connectivity index (χ0v) is 10.9. The number of rotatable bonds is 6. The van der Waals surface area contributed by atoms with Crippen molar-refractivity contribution in [1.29, 1.82) is 0 Å². The van der Waals surface area contributed by atoms with Gasteiger partial charge in [-0.3, -0.25) is 4.90 Å². The average molecular weight is 263 g/mol. The molecule has 1 atom stereocenters. The summed E-state index contributed by atoms with van der Waals surface area (Å²) in [5.74, 6) is 0.615. The van der Waals surface area contributed by atoms with Gasteiger partial charge in [-0.15, -0.1) is 0 Å². The van der Waals surface area contributed by atoms with Crippen molar-refractivity contribution in [2.75, 3.05) is 13.6 Å². The van der Waals surface area contributed by atoms with Crippen molar-refractivity contribution in [2.24, 2.45) is 0 Å². The lowest BCUT2D eigenvalue weighted by Crippen LogP contribution is -2.20. The number of benzene rings is 1. The van der Waals surface area contributed by atoms with Crippen molar-refractivity contribution < 1.29 is 13.9 Å². The van der Waals surface area contributed by atoms with Crippen LogP contribution in [-0.4, -0.2) is 23.6 Å². The quantitative estimate of drug-likeness (QED) is 0.870. The van der Waals surface area contributed by atoms with E-state index in [0.29, 0.717) is 13.0 Å². The van der Waals surface area contributed by atoms with E-state index in [0.717, 1.165) is 17.9 Å². The molecule has 0 amide bonds. The molecule has 0 fully saturated rings. The Labute approximate surface area is 112 Å². The summed E-state index contributed by atoms with van der Waals surface area (Å²) in [7, 11) is 1.97. The van der Waals surface area contributed by atoms with Crippen molar-refractivity contribution in [3.8, 4) is 0 Å². The molecule has 0 aliphatic carbocycles. The highest BCUT2D eigenvalue weighted by atomic mass is 19.1. The molecule has 0 saturated heterocycles. The van der Waals surface area contributed by atoms with Gasteiger partial charge in [0, 0.05) is 6.54 Å². The first-order valence-corrected chi connectivity index (χ1v) is 6.29. The fourth-order valence-corrected chi connectivity index (χ4v) is 1.94. The molecule has 0 aliphatic heterocycles. The summed E-state index contributed by atoms with van der Waals surface area (Å²) in [4.78, 5) is 2.07. The summed E-state index contributed by atoms with van der Waals surface area (Å²) in [6, 6.07) is 9.75. The number of furan rings is 1. The Balaban J connectivity index is 1.79. The summed E-state index contributed by atoms with van der Waals surface area (Å²) in [6.07, 6.45) is 1.68. The van der Waals surface area contributed by atoms with Gasteiger partial charge in [-0.1, -0.05) is 12.1 Å². The molecular formula is C15H18FNO2. The van der Waals surface area contributed by atoms with E-state index in [4.69, 9.17) is 4.42 Å². The van der Waals surface area contributed by atoms with Crippen LogP contribution >= 0.6 is 0 Å². The molecule has 0 aliphatic rings. The topological polar surface area (TPSA) is 36.6 Å². The van der Waals surface area contributed by atoms with Crippen LogP contribution in [-0.2, 0) is 6.54 Å². The highest BCUT2D eigenvalue weighted by molar-refractivity contribution is 5.18. The van der Waals surface area contributed by atoms with Gasteiger partial charge in [-0.05, 0) is 43.3 Å². The Kier molecular flexibility index (Phi) is 4.71. The van der Waals surface area contributed by atoms with Crippen molar-refractivity contribution >= 4 is 0 Å². The van der Waals surface area contributed by atoms with E-state index in [2.05, 4.69) is 4.90 Å². The molecule has 0 saturated carbocycles. The molecule has 4 heteroatoms. The highest BCUT2D eigenvalue weighted by Crippen LogP contribution is 2.17. The monoisotopic (exact) mass is 263 g/mol. The van der Waals surface area contributed by atoms with E-state index < -0.39 is 6.10 Å². The van der Waals surface area contributed by atoms with Gasteiger partial charge < -0.3 is 9.52 Å². The van der Waals surface area contributed by atoms with Crippen molar-refractivity contribution in [3.63, 3.8) is 0 Å². The van der Waals surface area contributed by atoms with Crippen LogP contribution in [0.15, 0.2) is 47.1 Å². The highest BCUT2D eigenvalue weighted by Gasteiger charge is 2.10. The number of nitrogens with zero attached hydrogens (tertiary/aromatic N) is 1. The minimum Gasteiger partial charge on any atom is -0.468 e. The summed E-state index contributed by atoms with van der Waals surface area (Å²) in [5, 5.41) is 10.0.